The highest BCUT2D eigenvalue weighted by atomic mass is 32.2. The Morgan fingerprint density at radius 2 is 1.70 bits per heavy atom. The molecule has 4 heterocycles. The largest absolute Gasteiger partial charge is 0.378 e. The van der Waals surface area contributed by atoms with Crippen LogP contribution in [0.4, 0.5) is 5.69 Å². The zero-order valence-electron chi connectivity index (χ0n) is 24.3. The number of aromatic amines is 1. The van der Waals surface area contributed by atoms with Gasteiger partial charge in [-0.2, -0.15) is 8.42 Å². The third-order valence-electron chi connectivity index (χ3n) is 8.08. The van der Waals surface area contributed by atoms with E-state index in [2.05, 4.69) is 22.1 Å². The van der Waals surface area contributed by atoms with Crippen molar-refractivity contribution in [3.8, 4) is 22.3 Å². The molecule has 0 unspecified atom stereocenters. The van der Waals surface area contributed by atoms with Crippen molar-refractivity contribution in [1.29, 1.82) is 0 Å². The molecule has 3 aromatic carbocycles. The quantitative estimate of drug-likeness (QED) is 0.283. The molecule has 0 radical (unpaired) electrons. The molecular formula is C33H30N6O4S. The maximum absolute atomic E-state index is 13.4. The van der Waals surface area contributed by atoms with E-state index < -0.39 is 10.0 Å². The molecule has 7 rings (SSSR count). The van der Waals surface area contributed by atoms with Crippen LogP contribution in [0, 0.1) is 0 Å². The first-order chi connectivity index (χ1) is 21.3. The number of morpholine rings is 1. The van der Waals surface area contributed by atoms with E-state index in [1.807, 2.05) is 65.7 Å². The molecule has 44 heavy (non-hydrogen) atoms. The van der Waals surface area contributed by atoms with Gasteiger partial charge in [0.05, 0.1) is 25.2 Å². The van der Waals surface area contributed by atoms with Gasteiger partial charge in [-0.15, -0.1) is 0 Å². The molecule has 0 atom stereocenters. The molecule has 1 N–H and O–H groups in total. The van der Waals surface area contributed by atoms with Crippen molar-refractivity contribution < 1.29 is 17.9 Å². The van der Waals surface area contributed by atoms with Gasteiger partial charge in [-0.1, -0.05) is 42.5 Å². The second kappa shape index (κ2) is 10.9. The maximum Gasteiger partial charge on any atom is 0.283 e. The summed E-state index contributed by atoms with van der Waals surface area (Å²) in [6.07, 6.45) is 4.80. The molecule has 11 heteroatoms. The molecule has 1 aliphatic heterocycles. The lowest BCUT2D eigenvalue weighted by molar-refractivity contribution is 0.0303. The summed E-state index contributed by atoms with van der Waals surface area (Å²) >= 11 is 0. The molecular weight excluding hydrogens is 576 g/mol. The molecule has 10 nitrogen and oxygen atoms in total. The van der Waals surface area contributed by atoms with Crippen LogP contribution >= 0.6 is 0 Å². The van der Waals surface area contributed by atoms with Crippen LogP contribution in [-0.4, -0.2) is 72.1 Å². The average molecular weight is 607 g/mol. The van der Waals surface area contributed by atoms with Crippen LogP contribution in [-0.2, 0) is 21.8 Å². The fourth-order valence-electron chi connectivity index (χ4n) is 5.71. The zero-order chi connectivity index (χ0) is 30.4. The first-order valence-electron chi connectivity index (χ1n) is 14.3. The van der Waals surface area contributed by atoms with Crippen molar-refractivity contribution in [2.75, 3.05) is 37.7 Å². The van der Waals surface area contributed by atoms with Crippen LogP contribution in [0.25, 0.3) is 44.2 Å². The lowest BCUT2D eigenvalue weighted by atomic mass is 9.92. The Morgan fingerprint density at radius 3 is 2.41 bits per heavy atom. The van der Waals surface area contributed by atoms with E-state index in [1.54, 1.807) is 17.7 Å². The number of amides is 1. The predicted octanol–water partition coefficient (Wildman–Crippen LogP) is 5.08. The minimum absolute atomic E-state index is 0.00866. The van der Waals surface area contributed by atoms with Gasteiger partial charge in [-0.25, -0.2) is 9.97 Å². The molecule has 1 aliphatic rings. The van der Waals surface area contributed by atoms with E-state index in [4.69, 9.17) is 9.72 Å². The highest BCUT2D eigenvalue weighted by Crippen LogP contribution is 2.41. The Kier molecular flexibility index (Phi) is 6.91. The van der Waals surface area contributed by atoms with E-state index in [0.717, 1.165) is 38.5 Å². The Morgan fingerprint density at radius 1 is 0.955 bits per heavy atom. The van der Waals surface area contributed by atoms with E-state index in [-0.39, 0.29) is 10.9 Å². The number of H-pyrrole nitrogens is 1. The lowest BCUT2D eigenvalue weighted by Gasteiger charge is -2.26. The fourth-order valence-corrected chi connectivity index (χ4v) is 6.86. The van der Waals surface area contributed by atoms with Crippen molar-refractivity contribution in [3.05, 3.63) is 97.1 Å². The van der Waals surface area contributed by atoms with Crippen LogP contribution in [0.3, 0.4) is 0 Å². The topological polar surface area (TPSA) is 113 Å². The predicted molar refractivity (Wildman–Crippen MR) is 170 cm³/mol. The number of fused-ring (bicyclic) bond motifs is 3. The number of sulfonamides is 1. The Bertz CT molecular complexity index is 2120. The standard InChI is InChI=1S/C33H30N6O4S/c1-37-20-29(35-21-37)44(41,42)38(2)25-12-13-28-26(18-25)31-30(23-6-4-3-5-7-23)27(19-34-32(31)36-28)22-8-10-24(11-9-22)33(40)39-14-16-43-17-15-39/h3-13,18-21H,14-17H2,1-2H3,(H,34,36). The zero-order valence-corrected chi connectivity index (χ0v) is 25.1. The molecule has 0 bridgehead atoms. The number of carbonyl (C=O) groups excluding carboxylic acids is 1. The van der Waals surface area contributed by atoms with Crippen molar-refractivity contribution in [2.24, 2.45) is 7.05 Å². The highest BCUT2D eigenvalue weighted by molar-refractivity contribution is 7.92. The normalized spacial score (nSPS) is 13.9. The molecule has 6 aromatic rings. The van der Waals surface area contributed by atoms with Gasteiger partial charge in [-0.3, -0.25) is 9.10 Å². The van der Waals surface area contributed by atoms with E-state index in [0.29, 0.717) is 43.2 Å². The third-order valence-corrected chi connectivity index (χ3v) is 9.75. The van der Waals surface area contributed by atoms with Crippen molar-refractivity contribution in [2.45, 2.75) is 5.03 Å². The summed E-state index contributed by atoms with van der Waals surface area (Å²) in [5.41, 5.74) is 6.41. The van der Waals surface area contributed by atoms with Gasteiger partial charge >= 0.3 is 0 Å². The Hall–Kier alpha value is -5.00. The number of pyridine rings is 1. The van der Waals surface area contributed by atoms with Crippen LogP contribution in [0.2, 0.25) is 0 Å². The summed E-state index contributed by atoms with van der Waals surface area (Å²) in [7, 11) is -0.611. The number of benzene rings is 3. The van der Waals surface area contributed by atoms with Gasteiger partial charge in [0.1, 0.15) is 5.65 Å². The van der Waals surface area contributed by atoms with Gasteiger partial charge in [0.25, 0.3) is 15.9 Å². The summed E-state index contributed by atoms with van der Waals surface area (Å²) in [5.74, 6) is -0.00866. The molecule has 0 saturated carbocycles. The molecule has 222 valence electrons. The number of rotatable bonds is 6. The maximum atomic E-state index is 13.4. The molecule has 1 saturated heterocycles. The number of aromatic nitrogens is 4. The second-order valence-electron chi connectivity index (χ2n) is 10.8. The molecule has 0 spiro atoms. The second-order valence-corrected chi connectivity index (χ2v) is 12.7. The first kappa shape index (κ1) is 27.8. The monoisotopic (exact) mass is 606 g/mol. The minimum Gasteiger partial charge on any atom is -0.378 e. The van der Waals surface area contributed by atoms with Gasteiger partial charge in [0, 0.05) is 72.6 Å². The number of imidazole rings is 1. The number of nitrogens with zero attached hydrogens (tertiary/aromatic N) is 5. The number of nitrogens with one attached hydrogen (secondary N) is 1. The summed E-state index contributed by atoms with van der Waals surface area (Å²) in [6, 6.07) is 23.2. The van der Waals surface area contributed by atoms with Gasteiger partial charge in [-0.05, 0) is 41.5 Å². The molecule has 3 aromatic heterocycles. The van der Waals surface area contributed by atoms with Crippen LogP contribution in [0.15, 0.2) is 96.5 Å². The molecule has 0 aliphatic carbocycles. The number of carbonyl (C=O) groups is 1. The van der Waals surface area contributed by atoms with E-state index in [1.165, 1.54) is 23.9 Å². The fraction of sp³-hybridized carbons (Fsp3) is 0.182. The Balaban J connectivity index is 1.36. The van der Waals surface area contributed by atoms with Crippen LogP contribution in [0.1, 0.15) is 10.4 Å². The molecule has 1 amide bonds. The van der Waals surface area contributed by atoms with Gasteiger partial charge in [0.15, 0.2) is 5.03 Å². The SMILES string of the molecule is CN(c1ccc2[nH]c3ncc(-c4ccc(C(=O)N5CCOCC5)cc4)c(-c4ccccc4)c3c2c1)S(=O)(=O)c1cn(C)cn1. The van der Waals surface area contributed by atoms with Crippen molar-refractivity contribution >= 4 is 43.6 Å². The minimum atomic E-state index is -3.87. The van der Waals surface area contributed by atoms with Crippen LogP contribution < -0.4 is 4.31 Å². The molecule has 1 fully saturated rings. The van der Waals surface area contributed by atoms with Crippen molar-refractivity contribution in [1.82, 2.24) is 24.4 Å². The smallest absolute Gasteiger partial charge is 0.283 e. The lowest BCUT2D eigenvalue weighted by Crippen LogP contribution is -2.40. The summed E-state index contributed by atoms with van der Waals surface area (Å²) < 4.78 is 35.0. The summed E-state index contributed by atoms with van der Waals surface area (Å²) in [4.78, 5) is 27.2. The summed E-state index contributed by atoms with van der Waals surface area (Å²) in [6.45, 7) is 2.26. The number of ether oxygens (including phenoxy) is 1. The number of aryl methyl sites for hydroxylation is 1. The third kappa shape index (κ3) is 4.80. The number of hydrogen-bond acceptors (Lipinski definition) is 6. The average Bonchev–Trinajstić information content (AvgIpc) is 3.68. The van der Waals surface area contributed by atoms with E-state index in [9.17, 15) is 13.2 Å². The van der Waals surface area contributed by atoms with Crippen molar-refractivity contribution in [3.63, 3.8) is 0 Å². The summed E-state index contributed by atoms with van der Waals surface area (Å²) in [5, 5.41) is 1.70. The van der Waals surface area contributed by atoms with Gasteiger partial charge < -0.3 is 19.2 Å². The number of anilines is 1. The van der Waals surface area contributed by atoms with E-state index >= 15 is 0 Å². The Labute approximate surface area is 254 Å². The highest BCUT2D eigenvalue weighted by Gasteiger charge is 2.25. The van der Waals surface area contributed by atoms with Crippen LogP contribution in [0.5, 0.6) is 0 Å². The first-order valence-corrected chi connectivity index (χ1v) is 15.7. The van der Waals surface area contributed by atoms with Gasteiger partial charge in [0.2, 0.25) is 0 Å². The number of hydrogen-bond donors (Lipinski definition) is 1.